The van der Waals surface area contributed by atoms with Crippen LogP contribution in [0.25, 0.3) is 0 Å². The minimum absolute atomic E-state index is 0.150. The summed E-state index contributed by atoms with van der Waals surface area (Å²) in [5, 5.41) is 12.2. The fourth-order valence-corrected chi connectivity index (χ4v) is 2.64. The fraction of sp³-hybridized carbons (Fsp3) is 0.500. The molecule has 0 saturated carbocycles. The van der Waals surface area contributed by atoms with Crippen LogP contribution in [-0.4, -0.2) is 29.8 Å². The van der Waals surface area contributed by atoms with Crippen LogP contribution in [-0.2, 0) is 4.79 Å². The van der Waals surface area contributed by atoms with E-state index in [1.165, 1.54) is 0 Å². The molecule has 1 aromatic carbocycles. The molecular formula is C16H23NO3S. The lowest BCUT2D eigenvalue weighted by molar-refractivity contribution is -0.149. The van der Waals surface area contributed by atoms with E-state index < -0.39 is 11.4 Å². The second-order valence-corrected chi connectivity index (χ2v) is 6.04. The standard InChI is InChI=1S/C16H23NO3S/c1-5-16(6-2,15(19)20)10-17-14(18)13-9-12(21-4)8-7-11(13)3/h7-9H,5-6,10H2,1-4H3,(H,17,18)(H,19,20). The van der Waals surface area contributed by atoms with E-state index in [0.717, 1.165) is 10.5 Å². The number of carbonyl (C=O) groups is 2. The summed E-state index contributed by atoms with van der Waals surface area (Å²) in [4.78, 5) is 24.8. The highest BCUT2D eigenvalue weighted by Gasteiger charge is 2.35. The molecule has 0 unspecified atom stereocenters. The molecule has 0 saturated heterocycles. The van der Waals surface area contributed by atoms with E-state index >= 15 is 0 Å². The molecule has 1 amide bonds. The van der Waals surface area contributed by atoms with Gasteiger partial charge in [0.1, 0.15) is 0 Å². The largest absolute Gasteiger partial charge is 0.481 e. The highest BCUT2D eigenvalue weighted by molar-refractivity contribution is 7.98. The van der Waals surface area contributed by atoms with Crippen LogP contribution >= 0.6 is 11.8 Å². The molecule has 0 spiro atoms. The molecule has 21 heavy (non-hydrogen) atoms. The first-order chi connectivity index (χ1) is 9.90. The number of hydrogen-bond acceptors (Lipinski definition) is 3. The van der Waals surface area contributed by atoms with E-state index in [2.05, 4.69) is 5.32 Å². The maximum absolute atomic E-state index is 12.3. The van der Waals surface area contributed by atoms with Crippen LogP contribution in [0.1, 0.15) is 42.6 Å². The number of hydrogen-bond donors (Lipinski definition) is 2. The Morgan fingerprint density at radius 3 is 2.38 bits per heavy atom. The first kappa shape index (κ1) is 17.6. The van der Waals surface area contributed by atoms with Gasteiger partial charge in [-0.25, -0.2) is 0 Å². The second kappa shape index (κ2) is 7.50. The van der Waals surface area contributed by atoms with Crippen LogP contribution in [0.3, 0.4) is 0 Å². The van der Waals surface area contributed by atoms with Gasteiger partial charge in [-0.05, 0) is 43.7 Å². The van der Waals surface area contributed by atoms with Crippen molar-refractivity contribution in [2.45, 2.75) is 38.5 Å². The molecule has 0 radical (unpaired) electrons. The minimum atomic E-state index is -0.888. The van der Waals surface area contributed by atoms with Gasteiger partial charge in [0.25, 0.3) is 5.91 Å². The number of thioether (sulfide) groups is 1. The average molecular weight is 309 g/mol. The van der Waals surface area contributed by atoms with Gasteiger partial charge in [0.05, 0.1) is 5.41 Å². The van der Waals surface area contributed by atoms with Gasteiger partial charge in [0.15, 0.2) is 0 Å². The molecule has 0 bridgehead atoms. The summed E-state index contributed by atoms with van der Waals surface area (Å²) in [6.45, 7) is 5.70. The third-order valence-corrected chi connectivity index (χ3v) is 4.81. The predicted molar refractivity (Wildman–Crippen MR) is 85.9 cm³/mol. The van der Waals surface area contributed by atoms with E-state index in [1.54, 1.807) is 11.8 Å². The number of benzene rings is 1. The van der Waals surface area contributed by atoms with Crippen molar-refractivity contribution in [1.82, 2.24) is 5.32 Å². The molecule has 0 aliphatic heterocycles. The Labute approximate surface area is 130 Å². The smallest absolute Gasteiger partial charge is 0.311 e. The summed E-state index contributed by atoms with van der Waals surface area (Å²) < 4.78 is 0. The summed E-state index contributed by atoms with van der Waals surface area (Å²) in [5.41, 5.74) is 0.605. The van der Waals surface area contributed by atoms with Crippen LogP contribution in [0.2, 0.25) is 0 Å². The van der Waals surface area contributed by atoms with Crippen LogP contribution < -0.4 is 5.32 Å². The normalized spacial score (nSPS) is 11.2. The molecule has 1 aromatic rings. The summed E-state index contributed by atoms with van der Waals surface area (Å²) in [6, 6.07) is 5.72. The van der Waals surface area contributed by atoms with Gasteiger partial charge >= 0.3 is 5.97 Å². The Kier molecular flexibility index (Phi) is 6.27. The van der Waals surface area contributed by atoms with Gasteiger partial charge in [0.2, 0.25) is 0 Å². The van der Waals surface area contributed by atoms with Crippen LogP contribution in [0.15, 0.2) is 23.1 Å². The van der Waals surface area contributed by atoms with E-state index in [0.29, 0.717) is 18.4 Å². The monoisotopic (exact) mass is 309 g/mol. The predicted octanol–water partition coefficient (Wildman–Crippen LogP) is 3.34. The molecule has 0 fully saturated rings. The lowest BCUT2D eigenvalue weighted by atomic mass is 9.82. The SMILES string of the molecule is CCC(CC)(CNC(=O)c1cc(SC)ccc1C)C(=O)O. The number of amides is 1. The van der Waals surface area contributed by atoms with Crippen LogP contribution in [0.5, 0.6) is 0 Å². The quantitative estimate of drug-likeness (QED) is 0.758. The Bertz CT molecular complexity index is 524. The van der Waals surface area contributed by atoms with E-state index in [-0.39, 0.29) is 12.5 Å². The maximum Gasteiger partial charge on any atom is 0.311 e. The van der Waals surface area contributed by atoms with Gasteiger partial charge in [0, 0.05) is 17.0 Å². The Morgan fingerprint density at radius 1 is 1.29 bits per heavy atom. The van der Waals surface area contributed by atoms with Crippen molar-refractivity contribution in [2.24, 2.45) is 5.41 Å². The van der Waals surface area contributed by atoms with Gasteiger partial charge in [-0.1, -0.05) is 19.9 Å². The second-order valence-electron chi connectivity index (χ2n) is 5.16. The van der Waals surface area contributed by atoms with Gasteiger partial charge in [-0.2, -0.15) is 0 Å². The van der Waals surface area contributed by atoms with Gasteiger partial charge < -0.3 is 10.4 Å². The number of carbonyl (C=O) groups excluding carboxylic acids is 1. The van der Waals surface area contributed by atoms with Crippen molar-refractivity contribution in [3.05, 3.63) is 29.3 Å². The van der Waals surface area contributed by atoms with Crippen molar-refractivity contribution in [1.29, 1.82) is 0 Å². The Balaban J connectivity index is 2.89. The lowest BCUT2D eigenvalue weighted by Gasteiger charge is -2.27. The van der Waals surface area contributed by atoms with Gasteiger partial charge in [-0.3, -0.25) is 9.59 Å². The van der Waals surface area contributed by atoms with Crippen LogP contribution in [0, 0.1) is 12.3 Å². The maximum atomic E-state index is 12.3. The first-order valence-electron chi connectivity index (χ1n) is 7.06. The number of nitrogens with one attached hydrogen (secondary N) is 1. The van der Waals surface area contributed by atoms with E-state index in [4.69, 9.17) is 0 Å². The summed E-state index contributed by atoms with van der Waals surface area (Å²) >= 11 is 1.57. The van der Waals surface area contributed by atoms with Crippen molar-refractivity contribution in [2.75, 3.05) is 12.8 Å². The van der Waals surface area contributed by atoms with Crippen molar-refractivity contribution < 1.29 is 14.7 Å². The number of carboxylic acids is 1. The molecule has 4 nitrogen and oxygen atoms in total. The summed E-state index contributed by atoms with van der Waals surface area (Å²) in [5.74, 6) is -1.07. The summed E-state index contributed by atoms with van der Waals surface area (Å²) in [6.07, 6.45) is 2.93. The molecule has 116 valence electrons. The average Bonchev–Trinajstić information content (AvgIpc) is 2.48. The molecule has 2 N–H and O–H groups in total. The van der Waals surface area contributed by atoms with Crippen molar-refractivity contribution in [3.8, 4) is 0 Å². The molecule has 0 aliphatic carbocycles. The Morgan fingerprint density at radius 2 is 1.90 bits per heavy atom. The molecule has 0 heterocycles. The zero-order chi connectivity index (χ0) is 16.0. The zero-order valence-corrected chi connectivity index (χ0v) is 13.8. The van der Waals surface area contributed by atoms with Crippen molar-refractivity contribution in [3.63, 3.8) is 0 Å². The molecule has 0 atom stereocenters. The minimum Gasteiger partial charge on any atom is -0.481 e. The van der Waals surface area contributed by atoms with Gasteiger partial charge in [-0.15, -0.1) is 11.8 Å². The highest BCUT2D eigenvalue weighted by atomic mass is 32.2. The van der Waals surface area contributed by atoms with E-state index in [9.17, 15) is 14.7 Å². The van der Waals surface area contributed by atoms with Crippen LogP contribution in [0.4, 0.5) is 0 Å². The summed E-state index contributed by atoms with van der Waals surface area (Å²) in [7, 11) is 0. The molecule has 0 aromatic heterocycles. The molecular weight excluding hydrogens is 286 g/mol. The first-order valence-corrected chi connectivity index (χ1v) is 8.29. The number of carboxylic acid groups (broad SMARTS) is 1. The molecule has 0 aliphatic rings. The zero-order valence-electron chi connectivity index (χ0n) is 13.0. The number of rotatable bonds is 7. The number of aryl methyl sites for hydroxylation is 1. The third kappa shape index (κ3) is 4.00. The molecule has 1 rings (SSSR count). The Hall–Kier alpha value is -1.49. The fourth-order valence-electron chi connectivity index (χ4n) is 2.20. The highest BCUT2D eigenvalue weighted by Crippen LogP contribution is 2.26. The third-order valence-electron chi connectivity index (χ3n) is 4.08. The lowest BCUT2D eigenvalue weighted by Crippen LogP contribution is -2.42. The van der Waals surface area contributed by atoms with E-state index in [1.807, 2.05) is 45.2 Å². The topological polar surface area (TPSA) is 66.4 Å². The number of aliphatic carboxylic acids is 1. The molecule has 5 heteroatoms. The van der Waals surface area contributed by atoms with Crippen molar-refractivity contribution >= 4 is 23.6 Å².